The molecule has 0 unspecified atom stereocenters. The Kier molecular flexibility index (Phi) is 5.67. The Labute approximate surface area is 190 Å². The smallest absolute Gasteiger partial charge is 0.254 e. The molecule has 0 amide bonds. The van der Waals surface area contributed by atoms with Gasteiger partial charge in [0, 0.05) is 35.7 Å². The largest absolute Gasteiger partial charge is 0.473 e. The Bertz CT molecular complexity index is 1180. The summed E-state index contributed by atoms with van der Waals surface area (Å²) in [6.45, 7) is 6.55. The fourth-order valence-electron chi connectivity index (χ4n) is 4.74. The molecule has 5 rings (SSSR count). The highest BCUT2D eigenvalue weighted by Gasteiger charge is 2.45. The van der Waals surface area contributed by atoms with Crippen molar-refractivity contribution >= 4 is 11.0 Å². The summed E-state index contributed by atoms with van der Waals surface area (Å²) in [5.41, 5.74) is 2.66. The number of aliphatic hydroxyl groups excluding tert-OH is 2. The minimum atomic E-state index is -1.15. The summed E-state index contributed by atoms with van der Waals surface area (Å²) in [5, 5.41) is 25.8. The summed E-state index contributed by atoms with van der Waals surface area (Å²) in [4.78, 5) is 12.9. The van der Waals surface area contributed by atoms with Crippen molar-refractivity contribution in [3.05, 3.63) is 41.2 Å². The van der Waals surface area contributed by atoms with Gasteiger partial charge in [0.05, 0.1) is 17.8 Å². The summed E-state index contributed by atoms with van der Waals surface area (Å²) in [7, 11) is 0. The van der Waals surface area contributed by atoms with Crippen molar-refractivity contribution < 1.29 is 24.1 Å². The van der Waals surface area contributed by atoms with E-state index in [4.69, 9.17) is 9.47 Å². The van der Waals surface area contributed by atoms with Crippen LogP contribution in [-0.4, -0.2) is 60.7 Å². The number of rotatable bonds is 5. The molecule has 1 aliphatic heterocycles. The number of aryl methyl sites for hydroxylation is 1. The van der Waals surface area contributed by atoms with Crippen molar-refractivity contribution in [2.75, 3.05) is 6.54 Å². The maximum absolute atomic E-state index is 15.0. The van der Waals surface area contributed by atoms with Gasteiger partial charge >= 0.3 is 0 Å². The first-order valence-corrected chi connectivity index (χ1v) is 11.2. The highest BCUT2D eigenvalue weighted by Crippen LogP contribution is 2.38. The van der Waals surface area contributed by atoms with Crippen molar-refractivity contribution in [2.45, 2.75) is 70.6 Å². The Morgan fingerprint density at radius 2 is 2.00 bits per heavy atom. The van der Waals surface area contributed by atoms with Gasteiger partial charge in [-0.3, -0.25) is 0 Å². The van der Waals surface area contributed by atoms with Gasteiger partial charge in [-0.15, -0.1) is 0 Å². The van der Waals surface area contributed by atoms with Gasteiger partial charge in [0.15, 0.2) is 5.82 Å². The molecule has 1 fully saturated rings. The predicted octanol–water partition coefficient (Wildman–Crippen LogP) is 1.82. The molecule has 0 aromatic carbocycles. The monoisotopic (exact) mass is 457 g/mol. The van der Waals surface area contributed by atoms with E-state index in [2.05, 4.69) is 20.3 Å². The van der Waals surface area contributed by atoms with E-state index in [1.165, 1.54) is 6.33 Å². The summed E-state index contributed by atoms with van der Waals surface area (Å²) < 4.78 is 28.6. The first kappa shape index (κ1) is 22.0. The number of pyridine rings is 1. The van der Waals surface area contributed by atoms with E-state index < -0.39 is 30.2 Å². The number of ether oxygens (including phenoxy) is 2. The predicted molar refractivity (Wildman–Crippen MR) is 118 cm³/mol. The number of nitrogens with zero attached hydrogens (tertiary/aromatic N) is 4. The van der Waals surface area contributed by atoms with E-state index in [9.17, 15) is 10.2 Å². The Balaban J connectivity index is 1.46. The molecule has 10 heteroatoms. The molecule has 1 saturated carbocycles. The van der Waals surface area contributed by atoms with Gasteiger partial charge in [0.25, 0.3) is 5.88 Å². The third-order valence-electron chi connectivity index (χ3n) is 6.41. The van der Waals surface area contributed by atoms with Crippen LogP contribution in [0.4, 0.5) is 4.39 Å². The molecule has 3 aromatic rings. The average Bonchev–Trinajstić information content (AvgIpc) is 3.34. The molecule has 9 nitrogen and oxygen atoms in total. The van der Waals surface area contributed by atoms with Crippen LogP contribution in [0.15, 0.2) is 18.6 Å². The van der Waals surface area contributed by atoms with Crippen LogP contribution < -0.4 is 14.8 Å². The quantitative estimate of drug-likeness (QED) is 0.532. The number of fused-ring (bicyclic) bond motifs is 2. The van der Waals surface area contributed by atoms with Gasteiger partial charge in [-0.25, -0.2) is 14.4 Å². The maximum atomic E-state index is 15.0. The molecule has 0 spiro atoms. The first-order chi connectivity index (χ1) is 15.8. The molecule has 0 bridgehead atoms. The maximum Gasteiger partial charge on any atom is 0.254 e. The molecule has 3 aromatic heterocycles. The number of aromatic nitrogens is 4. The molecular formula is C23H28FN5O4. The molecule has 4 heterocycles. The van der Waals surface area contributed by atoms with Crippen LogP contribution in [0, 0.1) is 12.7 Å². The van der Waals surface area contributed by atoms with Gasteiger partial charge in [-0.1, -0.05) is 0 Å². The number of aliphatic hydroxyl groups is 2. The zero-order chi connectivity index (χ0) is 23.3. The lowest BCUT2D eigenvalue weighted by molar-refractivity contribution is -0.0180. The topological polar surface area (TPSA) is 115 Å². The first-order valence-electron chi connectivity index (χ1n) is 11.2. The van der Waals surface area contributed by atoms with Crippen LogP contribution >= 0.6 is 0 Å². The fourth-order valence-corrected chi connectivity index (χ4v) is 4.74. The average molecular weight is 458 g/mol. The fraction of sp³-hybridized carbons (Fsp3) is 0.522. The minimum absolute atomic E-state index is 0.103. The van der Waals surface area contributed by atoms with Gasteiger partial charge in [-0.2, -0.15) is 4.98 Å². The third-order valence-corrected chi connectivity index (χ3v) is 6.41. The summed E-state index contributed by atoms with van der Waals surface area (Å²) in [6.07, 6.45) is 0.934. The zero-order valence-electron chi connectivity index (χ0n) is 18.8. The van der Waals surface area contributed by atoms with Crippen molar-refractivity contribution in [3.63, 3.8) is 0 Å². The lowest BCUT2D eigenvalue weighted by Gasteiger charge is -2.25. The Morgan fingerprint density at radius 1 is 1.18 bits per heavy atom. The van der Waals surface area contributed by atoms with Crippen molar-refractivity contribution in [2.24, 2.45) is 0 Å². The number of halogens is 1. The minimum Gasteiger partial charge on any atom is -0.473 e. The molecule has 0 radical (unpaired) electrons. The lowest BCUT2D eigenvalue weighted by Crippen LogP contribution is -2.35. The second kappa shape index (κ2) is 8.51. The molecular weight excluding hydrogens is 429 g/mol. The Hall–Kier alpha value is -2.82. The van der Waals surface area contributed by atoms with Crippen LogP contribution in [0.25, 0.3) is 11.0 Å². The van der Waals surface area contributed by atoms with E-state index in [0.717, 1.165) is 11.1 Å². The van der Waals surface area contributed by atoms with Crippen LogP contribution in [-0.2, 0) is 13.0 Å². The summed E-state index contributed by atoms with van der Waals surface area (Å²) in [5.74, 6) is -0.346. The molecule has 33 heavy (non-hydrogen) atoms. The highest BCUT2D eigenvalue weighted by molar-refractivity contribution is 5.78. The molecule has 1 aliphatic carbocycles. The van der Waals surface area contributed by atoms with Gasteiger partial charge in [-0.05, 0) is 39.8 Å². The van der Waals surface area contributed by atoms with Crippen LogP contribution in [0.3, 0.4) is 0 Å². The Morgan fingerprint density at radius 3 is 2.79 bits per heavy atom. The molecule has 0 saturated heterocycles. The van der Waals surface area contributed by atoms with Crippen molar-refractivity contribution in [3.8, 4) is 11.8 Å². The molecule has 4 atom stereocenters. The molecule has 176 valence electrons. The summed E-state index contributed by atoms with van der Waals surface area (Å²) in [6, 6.07) is 1.45. The van der Waals surface area contributed by atoms with E-state index in [1.807, 2.05) is 23.8 Å². The molecule has 2 aliphatic rings. The standard InChI is InChI=1S/C23H28FN5O4/c1-11(2)32-23-18(24)14-4-6-25-9-15(14)22(28-23)33-17-8-16(19(30)20(17)31)29-7-5-13-12(3)26-10-27-21(13)29/h5,7,10-11,16-17,19-20,25,30-31H,4,6,8-9H2,1-3H3/t16-,17+,19+,20-/m1/s1. The van der Waals surface area contributed by atoms with Crippen molar-refractivity contribution in [1.29, 1.82) is 0 Å². The van der Waals surface area contributed by atoms with E-state index >= 15 is 4.39 Å². The summed E-state index contributed by atoms with van der Waals surface area (Å²) >= 11 is 0. The molecule has 3 N–H and O–H groups in total. The van der Waals surface area contributed by atoms with Crippen LogP contribution in [0.5, 0.6) is 11.8 Å². The second-order valence-electron chi connectivity index (χ2n) is 8.95. The number of hydrogen-bond acceptors (Lipinski definition) is 8. The van der Waals surface area contributed by atoms with Crippen molar-refractivity contribution in [1.82, 2.24) is 24.8 Å². The third kappa shape index (κ3) is 3.81. The van der Waals surface area contributed by atoms with Crippen LogP contribution in [0.1, 0.15) is 43.1 Å². The lowest BCUT2D eigenvalue weighted by atomic mass is 10.0. The van der Waals surface area contributed by atoms with Crippen LogP contribution in [0.2, 0.25) is 0 Å². The number of hydrogen-bond donors (Lipinski definition) is 3. The van der Waals surface area contributed by atoms with Gasteiger partial charge in [0.2, 0.25) is 5.88 Å². The normalized spacial score (nSPS) is 24.9. The van der Waals surface area contributed by atoms with E-state index in [0.29, 0.717) is 42.7 Å². The van der Waals surface area contributed by atoms with E-state index in [-0.39, 0.29) is 17.9 Å². The van der Waals surface area contributed by atoms with E-state index in [1.54, 1.807) is 13.8 Å². The highest BCUT2D eigenvalue weighted by atomic mass is 19.1. The van der Waals surface area contributed by atoms with Gasteiger partial charge in [0.1, 0.15) is 30.3 Å². The zero-order valence-corrected chi connectivity index (χ0v) is 18.8. The van der Waals surface area contributed by atoms with Gasteiger partial charge < -0.3 is 29.6 Å². The second-order valence-corrected chi connectivity index (χ2v) is 8.95. The number of nitrogens with one attached hydrogen (secondary N) is 1. The SMILES string of the molecule is Cc1ncnc2c1ccn2[C@@H]1C[C@H](Oc2nc(OC(C)C)c(F)c3c2CNCC3)[C@@H](O)[C@H]1O.